The number of likely N-dealkylation sites (N-methyl/N-ethyl adjacent to an activating group) is 1. The van der Waals surface area contributed by atoms with Gasteiger partial charge in [-0.2, -0.15) is 0 Å². The summed E-state index contributed by atoms with van der Waals surface area (Å²) in [6, 6.07) is 20.0. The minimum absolute atomic E-state index is 0.0357. The standard InChI is InChI=1S/C34H42N4O3/c1-5-36-18-20-37(21-19-36)30-12-8-28(9-13-30)33(39)35-29-10-6-26(7-11-29)27-14-16-38(17-15-27)34(40)31-22-24(2)25(3)23-32(31)41-4/h6-13,22-23,27H,5,14-21H2,1-4H3,(H,35,39). The third-order valence-corrected chi connectivity index (χ3v) is 8.78. The minimum atomic E-state index is -0.103. The van der Waals surface area contributed by atoms with Crippen molar-refractivity contribution in [2.75, 3.05) is 63.1 Å². The van der Waals surface area contributed by atoms with Crippen LogP contribution in [0.2, 0.25) is 0 Å². The molecule has 2 amide bonds. The second-order valence-corrected chi connectivity index (χ2v) is 11.2. The predicted octanol–water partition coefficient (Wildman–Crippen LogP) is 5.73. The van der Waals surface area contributed by atoms with E-state index in [0.29, 0.717) is 35.9 Å². The summed E-state index contributed by atoms with van der Waals surface area (Å²) in [5.41, 5.74) is 6.70. The summed E-state index contributed by atoms with van der Waals surface area (Å²) in [4.78, 5) is 32.9. The number of hydrogen-bond acceptors (Lipinski definition) is 5. The molecule has 41 heavy (non-hydrogen) atoms. The molecule has 0 aromatic heterocycles. The van der Waals surface area contributed by atoms with Crippen LogP contribution in [-0.2, 0) is 0 Å². The molecular formula is C34H42N4O3. The lowest BCUT2D eigenvalue weighted by molar-refractivity contribution is 0.0709. The highest BCUT2D eigenvalue weighted by Crippen LogP contribution is 2.31. The zero-order valence-electron chi connectivity index (χ0n) is 24.8. The number of methoxy groups -OCH3 is 1. The fourth-order valence-corrected chi connectivity index (χ4v) is 5.90. The van der Waals surface area contributed by atoms with Crippen LogP contribution < -0.4 is 15.0 Å². The monoisotopic (exact) mass is 554 g/mol. The van der Waals surface area contributed by atoms with Gasteiger partial charge in [0.25, 0.3) is 11.8 Å². The van der Waals surface area contributed by atoms with Gasteiger partial charge >= 0.3 is 0 Å². The molecule has 0 bridgehead atoms. The predicted molar refractivity (Wildman–Crippen MR) is 166 cm³/mol. The summed E-state index contributed by atoms with van der Waals surface area (Å²) in [5, 5.41) is 3.04. The number of piperazine rings is 1. The molecule has 2 aliphatic heterocycles. The van der Waals surface area contributed by atoms with Gasteiger partial charge < -0.3 is 24.8 Å². The van der Waals surface area contributed by atoms with E-state index >= 15 is 0 Å². The molecule has 7 nitrogen and oxygen atoms in total. The van der Waals surface area contributed by atoms with Gasteiger partial charge in [-0.05, 0) is 104 Å². The first-order valence-electron chi connectivity index (χ1n) is 14.8. The molecule has 5 rings (SSSR count). The number of nitrogens with one attached hydrogen (secondary N) is 1. The first kappa shape index (κ1) is 28.7. The lowest BCUT2D eigenvalue weighted by Crippen LogP contribution is -2.46. The van der Waals surface area contributed by atoms with Gasteiger partial charge in [-0.1, -0.05) is 19.1 Å². The molecule has 1 N–H and O–H groups in total. The van der Waals surface area contributed by atoms with E-state index in [1.807, 2.05) is 67.3 Å². The molecule has 0 atom stereocenters. The maximum absolute atomic E-state index is 13.3. The van der Waals surface area contributed by atoms with E-state index in [4.69, 9.17) is 4.74 Å². The quantitative estimate of drug-likeness (QED) is 0.404. The number of aryl methyl sites for hydroxylation is 2. The van der Waals surface area contributed by atoms with E-state index in [0.717, 1.165) is 62.4 Å². The zero-order valence-corrected chi connectivity index (χ0v) is 24.8. The Bertz CT molecular complexity index is 1350. The molecule has 0 saturated carbocycles. The number of benzene rings is 3. The number of anilines is 2. The molecule has 0 radical (unpaired) electrons. The van der Waals surface area contributed by atoms with Crippen molar-refractivity contribution in [3.8, 4) is 5.75 Å². The summed E-state index contributed by atoms with van der Waals surface area (Å²) in [6.07, 6.45) is 1.81. The van der Waals surface area contributed by atoms with Crippen LogP contribution in [-0.4, -0.2) is 74.5 Å². The molecule has 3 aromatic carbocycles. The molecule has 2 aliphatic rings. The first-order chi connectivity index (χ1) is 19.9. The fourth-order valence-electron chi connectivity index (χ4n) is 5.90. The highest BCUT2D eigenvalue weighted by Gasteiger charge is 2.27. The number of piperidine rings is 1. The Morgan fingerprint density at radius 3 is 2.10 bits per heavy atom. The number of carbonyl (C=O) groups excluding carboxylic acids is 2. The number of amides is 2. The summed E-state index contributed by atoms with van der Waals surface area (Å²) in [5.74, 6) is 0.957. The van der Waals surface area contributed by atoms with Gasteiger partial charge in [-0.15, -0.1) is 0 Å². The van der Waals surface area contributed by atoms with Gasteiger partial charge in [-0.25, -0.2) is 0 Å². The Hall–Kier alpha value is -3.84. The van der Waals surface area contributed by atoms with Crippen LogP contribution in [0, 0.1) is 13.8 Å². The molecule has 2 heterocycles. The van der Waals surface area contributed by atoms with Crippen molar-refractivity contribution < 1.29 is 14.3 Å². The normalized spacial score (nSPS) is 16.5. The van der Waals surface area contributed by atoms with E-state index in [-0.39, 0.29) is 11.8 Å². The van der Waals surface area contributed by atoms with E-state index in [2.05, 4.69) is 34.2 Å². The Kier molecular flexibility index (Phi) is 8.93. The van der Waals surface area contributed by atoms with Gasteiger partial charge in [0.2, 0.25) is 0 Å². The van der Waals surface area contributed by atoms with Gasteiger partial charge in [0.1, 0.15) is 5.75 Å². The largest absolute Gasteiger partial charge is 0.496 e. The van der Waals surface area contributed by atoms with Gasteiger partial charge in [0, 0.05) is 56.2 Å². The number of likely N-dealkylation sites (tertiary alicyclic amines) is 1. The highest BCUT2D eigenvalue weighted by atomic mass is 16.5. The molecular weight excluding hydrogens is 512 g/mol. The average molecular weight is 555 g/mol. The Morgan fingerprint density at radius 1 is 0.854 bits per heavy atom. The maximum Gasteiger partial charge on any atom is 0.257 e. The smallest absolute Gasteiger partial charge is 0.257 e. The fraction of sp³-hybridized carbons (Fsp3) is 0.412. The molecule has 0 aliphatic carbocycles. The van der Waals surface area contributed by atoms with Crippen molar-refractivity contribution in [1.29, 1.82) is 0 Å². The molecule has 3 aromatic rings. The van der Waals surface area contributed by atoms with Gasteiger partial charge in [0.15, 0.2) is 0 Å². The summed E-state index contributed by atoms with van der Waals surface area (Å²) in [6.45, 7) is 13.0. The summed E-state index contributed by atoms with van der Waals surface area (Å²) < 4.78 is 5.51. The van der Waals surface area contributed by atoms with Crippen LogP contribution in [0.1, 0.15) is 63.1 Å². The van der Waals surface area contributed by atoms with Crippen molar-refractivity contribution in [2.45, 2.75) is 39.5 Å². The summed E-state index contributed by atoms with van der Waals surface area (Å²) >= 11 is 0. The van der Waals surface area contributed by atoms with E-state index in [1.165, 1.54) is 11.3 Å². The number of hydrogen-bond donors (Lipinski definition) is 1. The van der Waals surface area contributed by atoms with Crippen LogP contribution in [0.25, 0.3) is 0 Å². The first-order valence-corrected chi connectivity index (χ1v) is 14.8. The Labute approximate surface area is 244 Å². The van der Waals surface area contributed by atoms with Crippen molar-refractivity contribution in [3.63, 3.8) is 0 Å². The van der Waals surface area contributed by atoms with Gasteiger partial charge in [0.05, 0.1) is 12.7 Å². The third-order valence-electron chi connectivity index (χ3n) is 8.78. The van der Waals surface area contributed by atoms with E-state index < -0.39 is 0 Å². The van der Waals surface area contributed by atoms with Crippen LogP contribution in [0.5, 0.6) is 5.75 Å². The number of rotatable bonds is 7. The van der Waals surface area contributed by atoms with Crippen molar-refractivity contribution in [1.82, 2.24) is 9.80 Å². The zero-order chi connectivity index (χ0) is 28.9. The Balaban J connectivity index is 1.13. The Morgan fingerprint density at radius 2 is 1.49 bits per heavy atom. The van der Waals surface area contributed by atoms with Crippen LogP contribution in [0.3, 0.4) is 0 Å². The van der Waals surface area contributed by atoms with E-state index in [9.17, 15) is 9.59 Å². The molecule has 216 valence electrons. The van der Waals surface area contributed by atoms with Crippen molar-refractivity contribution in [2.24, 2.45) is 0 Å². The lowest BCUT2D eigenvalue weighted by atomic mass is 9.89. The average Bonchev–Trinajstić information content (AvgIpc) is 3.02. The molecule has 0 unspecified atom stereocenters. The maximum atomic E-state index is 13.3. The SMILES string of the molecule is CCN1CCN(c2ccc(C(=O)Nc3ccc(C4CCN(C(=O)c5cc(C)c(C)cc5OC)CC4)cc3)cc2)CC1. The molecule has 0 spiro atoms. The van der Waals surface area contributed by atoms with Crippen LogP contribution in [0.15, 0.2) is 60.7 Å². The molecule has 2 fully saturated rings. The molecule has 7 heteroatoms. The lowest BCUT2D eigenvalue weighted by Gasteiger charge is -2.35. The van der Waals surface area contributed by atoms with Crippen molar-refractivity contribution in [3.05, 3.63) is 88.5 Å². The van der Waals surface area contributed by atoms with Crippen LogP contribution >= 0.6 is 0 Å². The highest BCUT2D eigenvalue weighted by molar-refractivity contribution is 6.04. The van der Waals surface area contributed by atoms with Gasteiger partial charge in [-0.3, -0.25) is 9.59 Å². The topological polar surface area (TPSA) is 65.1 Å². The van der Waals surface area contributed by atoms with Crippen LogP contribution in [0.4, 0.5) is 11.4 Å². The summed E-state index contributed by atoms with van der Waals surface area (Å²) in [7, 11) is 1.62. The second kappa shape index (κ2) is 12.8. The number of carbonyl (C=O) groups is 2. The van der Waals surface area contributed by atoms with Crippen molar-refractivity contribution >= 4 is 23.2 Å². The third kappa shape index (κ3) is 6.57. The second-order valence-electron chi connectivity index (χ2n) is 11.2. The molecule has 2 saturated heterocycles. The van der Waals surface area contributed by atoms with E-state index in [1.54, 1.807) is 7.11 Å². The minimum Gasteiger partial charge on any atom is -0.496 e. The number of ether oxygens (including phenoxy) is 1. The number of nitrogens with zero attached hydrogens (tertiary/aromatic N) is 3.